The van der Waals surface area contributed by atoms with Gasteiger partial charge in [0.1, 0.15) is 5.01 Å². The van der Waals surface area contributed by atoms with Crippen LogP contribution in [0, 0.1) is 0 Å². The Hall–Kier alpha value is -5.14. The van der Waals surface area contributed by atoms with Crippen molar-refractivity contribution in [3.63, 3.8) is 0 Å². The molecule has 6 aromatic rings. The Morgan fingerprint density at radius 2 is 1.47 bits per heavy atom. The van der Waals surface area contributed by atoms with Gasteiger partial charge in [-0.1, -0.05) is 79.7 Å². The maximum absolute atomic E-state index is 13.2. The van der Waals surface area contributed by atoms with Crippen LogP contribution in [-0.2, 0) is 16.2 Å². The lowest BCUT2D eigenvalue weighted by molar-refractivity contribution is -0.137. The number of sulfonamides is 1. The molecule has 2 aromatic heterocycles. The van der Waals surface area contributed by atoms with Crippen LogP contribution in [0.3, 0.4) is 0 Å². The molecule has 2 heterocycles. The topological polar surface area (TPSA) is 115 Å². The van der Waals surface area contributed by atoms with Crippen LogP contribution < -0.4 is 4.72 Å². The Morgan fingerprint density at radius 1 is 0.830 bits per heavy atom. The highest BCUT2D eigenvalue weighted by molar-refractivity contribution is 7.90. The monoisotopic (exact) mass is 674 g/mol. The van der Waals surface area contributed by atoms with Crippen LogP contribution in [0.1, 0.15) is 41.3 Å². The van der Waals surface area contributed by atoms with Gasteiger partial charge in [0, 0.05) is 22.1 Å². The Bertz CT molecular complexity index is 2160. The number of thiazole rings is 1. The van der Waals surface area contributed by atoms with Crippen molar-refractivity contribution in [1.82, 2.24) is 19.8 Å². The molecule has 8 nitrogen and oxygen atoms in total. The van der Waals surface area contributed by atoms with E-state index in [0.717, 1.165) is 23.3 Å². The van der Waals surface area contributed by atoms with Gasteiger partial charge < -0.3 is 4.52 Å². The van der Waals surface area contributed by atoms with Gasteiger partial charge in [0.15, 0.2) is 0 Å². The van der Waals surface area contributed by atoms with Gasteiger partial charge in [0.05, 0.1) is 27.3 Å². The third kappa shape index (κ3) is 6.86. The van der Waals surface area contributed by atoms with Gasteiger partial charge in [-0.05, 0) is 47.9 Å². The second kappa shape index (κ2) is 12.6. The first-order valence-electron chi connectivity index (χ1n) is 14.2. The molecular formula is C34H25F3N4O4S2. The van der Waals surface area contributed by atoms with Crippen molar-refractivity contribution < 1.29 is 30.9 Å². The van der Waals surface area contributed by atoms with Gasteiger partial charge in [0.2, 0.25) is 5.82 Å². The van der Waals surface area contributed by atoms with E-state index in [4.69, 9.17) is 4.52 Å². The molecule has 13 heteroatoms. The highest BCUT2D eigenvalue weighted by Gasteiger charge is 2.30. The van der Waals surface area contributed by atoms with Crippen LogP contribution in [0.15, 0.2) is 112 Å². The van der Waals surface area contributed by atoms with E-state index in [9.17, 15) is 26.4 Å². The van der Waals surface area contributed by atoms with E-state index in [2.05, 4.69) is 19.8 Å². The standard InChI is InChI=1S/C34H25F3N4O4S2/c1-20(2)21-13-17-26(18-14-21)47(43,44)41-31(42)27-5-3-4-6-28(27)32-39-30(40-45-32)23-9-7-22(8-10-23)29-19-46-33(38-29)24-11-15-25(16-12-24)34(35,36)37/h3-20H,1-2H3,(H,41,42). The van der Waals surface area contributed by atoms with Gasteiger partial charge in [-0.25, -0.2) is 18.1 Å². The van der Waals surface area contributed by atoms with E-state index < -0.39 is 27.7 Å². The van der Waals surface area contributed by atoms with E-state index in [0.29, 0.717) is 21.8 Å². The zero-order valence-electron chi connectivity index (χ0n) is 24.8. The lowest BCUT2D eigenvalue weighted by atomic mass is 10.0. The fourth-order valence-corrected chi connectivity index (χ4v) is 6.52. The van der Waals surface area contributed by atoms with E-state index in [1.54, 1.807) is 54.6 Å². The smallest absolute Gasteiger partial charge is 0.334 e. The van der Waals surface area contributed by atoms with Crippen LogP contribution in [0.5, 0.6) is 0 Å². The minimum absolute atomic E-state index is 0.0224. The van der Waals surface area contributed by atoms with Crippen molar-refractivity contribution in [3.05, 3.63) is 119 Å². The molecule has 0 aliphatic rings. The highest BCUT2D eigenvalue weighted by atomic mass is 32.2. The zero-order valence-corrected chi connectivity index (χ0v) is 26.5. The summed E-state index contributed by atoms with van der Waals surface area (Å²) in [6, 6.07) is 24.6. The van der Waals surface area contributed by atoms with Crippen LogP contribution in [-0.4, -0.2) is 29.4 Å². The molecule has 6 rings (SSSR count). The van der Waals surface area contributed by atoms with Crippen molar-refractivity contribution in [2.24, 2.45) is 0 Å². The SMILES string of the molecule is CC(C)c1ccc(S(=O)(=O)NC(=O)c2ccccc2-c2nc(-c3ccc(-c4csc(-c5ccc(C(F)(F)F)cc5)n4)cc3)no2)cc1. The number of benzene rings is 4. The van der Waals surface area contributed by atoms with Crippen molar-refractivity contribution in [3.8, 4) is 44.7 Å². The van der Waals surface area contributed by atoms with Crippen molar-refractivity contribution in [2.45, 2.75) is 30.8 Å². The molecule has 0 saturated carbocycles. The summed E-state index contributed by atoms with van der Waals surface area (Å²) in [6.07, 6.45) is -4.41. The summed E-state index contributed by atoms with van der Waals surface area (Å²) in [5, 5.41) is 6.45. The molecule has 1 amide bonds. The minimum atomic E-state index is -4.41. The molecule has 47 heavy (non-hydrogen) atoms. The molecular weight excluding hydrogens is 650 g/mol. The van der Waals surface area contributed by atoms with E-state index in [-0.39, 0.29) is 33.7 Å². The number of carbonyl (C=O) groups is 1. The number of hydrogen-bond acceptors (Lipinski definition) is 8. The summed E-state index contributed by atoms with van der Waals surface area (Å²) in [5.74, 6) is -0.366. The molecule has 238 valence electrons. The molecule has 0 bridgehead atoms. The van der Waals surface area contributed by atoms with Crippen LogP contribution >= 0.6 is 11.3 Å². The molecule has 0 aliphatic carbocycles. The average Bonchev–Trinajstić information content (AvgIpc) is 3.76. The molecule has 1 N–H and O–H groups in total. The van der Waals surface area contributed by atoms with Crippen LogP contribution in [0.25, 0.3) is 44.7 Å². The predicted octanol–water partition coefficient (Wildman–Crippen LogP) is 8.46. The second-order valence-electron chi connectivity index (χ2n) is 10.8. The van der Waals surface area contributed by atoms with Gasteiger partial charge >= 0.3 is 6.18 Å². The predicted molar refractivity (Wildman–Crippen MR) is 172 cm³/mol. The second-order valence-corrected chi connectivity index (χ2v) is 13.4. The number of carbonyl (C=O) groups excluding carboxylic acids is 1. The van der Waals surface area contributed by atoms with Crippen LogP contribution in [0.4, 0.5) is 13.2 Å². The summed E-state index contributed by atoms with van der Waals surface area (Å²) >= 11 is 1.32. The Labute approximate surface area is 272 Å². The average molecular weight is 675 g/mol. The highest BCUT2D eigenvalue weighted by Crippen LogP contribution is 2.34. The largest absolute Gasteiger partial charge is 0.416 e. The number of nitrogens with one attached hydrogen (secondary N) is 1. The Kier molecular flexibility index (Phi) is 8.51. The molecule has 0 aliphatic heterocycles. The third-order valence-corrected chi connectivity index (χ3v) is 9.55. The summed E-state index contributed by atoms with van der Waals surface area (Å²) in [7, 11) is -4.15. The normalized spacial score (nSPS) is 12.0. The van der Waals surface area contributed by atoms with Gasteiger partial charge in [-0.3, -0.25) is 4.79 Å². The first-order valence-corrected chi connectivity index (χ1v) is 16.6. The quantitative estimate of drug-likeness (QED) is 0.172. The summed E-state index contributed by atoms with van der Waals surface area (Å²) in [4.78, 5) is 22.2. The molecule has 0 radical (unpaired) electrons. The summed E-state index contributed by atoms with van der Waals surface area (Å²) in [6.45, 7) is 3.99. The lowest BCUT2D eigenvalue weighted by Crippen LogP contribution is -2.31. The van der Waals surface area contributed by atoms with Crippen molar-refractivity contribution >= 4 is 27.3 Å². The summed E-state index contributed by atoms with van der Waals surface area (Å²) in [5.41, 5.74) is 3.15. The number of rotatable bonds is 8. The number of aromatic nitrogens is 3. The number of amides is 1. The fraction of sp³-hybridized carbons (Fsp3) is 0.118. The number of halogens is 3. The minimum Gasteiger partial charge on any atom is -0.334 e. The summed E-state index contributed by atoms with van der Waals surface area (Å²) < 4.78 is 72.2. The van der Waals surface area contributed by atoms with Crippen molar-refractivity contribution in [1.29, 1.82) is 0 Å². The Balaban J connectivity index is 1.18. The molecule has 0 saturated heterocycles. The third-order valence-electron chi connectivity index (χ3n) is 7.31. The molecule has 0 unspecified atom stereocenters. The first-order chi connectivity index (χ1) is 22.4. The number of alkyl halides is 3. The van der Waals surface area contributed by atoms with E-state index >= 15 is 0 Å². The maximum atomic E-state index is 13.2. The van der Waals surface area contributed by atoms with E-state index in [1.165, 1.54) is 41.7 Å². The first kappa shape index (κ1) is 31.8. The van der Waals surface area contributed by atoms with Gasteiger partial charge in [0.25, 0.3) is 21.8 Å². The lowest BCUT2D eigenvalue weighted by Gasteiger charge is -2.10. The maximum Gasteiger partial charge on any atom is 0.416 e. The Morgan fingerprint density at radius 3 is 2.13 bits per heavy atom. The molecule has 4 aromatic carbocycles. The number of hydrogen-bond donors (Lipinski definition) is 1. The fourth-order valence-electron chi connectivity index (χ4n) is 4.72. The molecule has 0 atom stereocenters. The molecule has 0 spiro atoms. The van der Waals surface area contributed by atoms with E-state index in [1.807, 2.05) is 19.2 Å². The van der Waals surface area contributed by atoms with Gasteiger partial charge in [-0.15, -0.1) is 11.3 Å². The zero-order chi connectivity index (χ0) is 33.3. The van der Waals surface area contributed by atoms with Crippen LogP contribution in [0.2, 0.25) is 0 Å². The van der Waals surface area contributed by atoms with Gasteiger partial charge in [-0.2, -0.15) is 18.2 Å². The number of nitrogens with zero attached hydrogens (tertiary/aromatic N) is 3. The van der Waals surface area contributed by atoms with Crippen molar-refractivity contribution in [2.75, 3.05) is 0 Å². The molecule has 0 fully saturated rings.